The number of nitrogens with one attached hydrogen (secondary N) is 1. The Morgan fingerprint density at radius 1 is 1.11 bits per heavy atom. The summed E-state index contributed by atoms with van der Waals surface area (Å²) in [6.07, 6.45) is 2.29. The monoisotopic (exact) mass is 361 g/mol. The first-order valence-electron chi connectivity index (χ1n) is 9.42. The third kappa shape index (κ3) is 3.58. The highest BCUT2D eigenvalue weighted by Crippen LogP contribution is 2.38. The van der Waals surface area contributed by atoms with Crippen molar-refractivity contribution in [3.05, 3.63) is 71.4 Å². The third-order valence-corrected chi connectivity index (χ3v) is 5.08. The summed E-state index contributed by atoms with van der Waals surface area (Å²) in [5.74, 6) is 0.375. The van der Waals surface area contributed by atoms with E-state index < -0.39 is 0 Å². The number of hydrogen-bond acceptors (Lipinski definition) is 3. The number of aryl methyl sites for hydroxylation is 2. The van der Waals surface area contributed by atoms with Crippen LogP contribution >= 0.6 is 0 Å². The van der Waals surface area contributed by atoms with Crippen LogP contribution in [0.15, 0.2) is 54.6 Å². The molecule has 1 aliphatic carbocycles. The van der Waals surface area contributed by atoms with Gasteiger partial charge in [0.15, 0.2) is 0 Å². The molecule has 1 amide bonds. The van der Waals surface area contributed by atoms with E-state index in [1.807, 2.05) is 37.3 Å². The molecule has 5 heteroatoms. The molecule has 4 rings (SSSR count). The Morgan fingerprint density at radius 2 is 1.89 bits per heavy atom. The Hall–Kier alpha value is -3.08. The minimum atomic E-state index is -0.356. The van der Waals surface area contributed by atoms with Crippen LogP contribution in [-0.2, 0) is 19.3 Å². The van der Waals surface area contributed by atoms with Crippen molar-refractivity contribution in [2.45, 2.75) is 26.2 Å². The quantitative estimate of drug-likeness (QED) is 0.739. The van der Waals surface area contributed by atoms with E-state index in [2.05, 4.69) is 34.5 Å². The van der Waals surface area contributed by atoms with Crippen LogP contribution in [0.3, 0.4) is 0 Å². The zero-order chi connectivity index (χ0) is 18.6. The number of aromatic amines is 1. The molecule has 1 aromatic heterocycles. The SMILES string of the molecule is CCN(CCc1ccccc1)C(=O)Oc1n[nH]c2c1-c1ccccc1CC2. The maximum Gasteiger partial charge on any atom is 0.416 e. The molecule has 1 N–H and O–H groups in total. The van der Waals surface area contributed by atoms with Gasteiger partial charge in [-0.15, -0.1) is 5.10 Å². The standard InChI is InChI=1S/C22H23N3O2/c1-2-25(15-14-16-8-4-3-5-9-16)22(26)27-21-20-18-11-7-6-10-17(18)12-13-19(20)23-24-21/h3-11H,2,12-15H2,1H3,(H,23,24). The normalized spacial score (nSPS) is 12.2. The van der Waals surface area contributed by atoms with Gasteiger partial charge in [-0.05, 0) is 42.9 Å². The van der Waals surface area contributed by atoms with Gasteiger partial charge in [0, 0.05) is 18.8 Å². The van der Waals surface area contributed by atoms with Gasteiger partial charge in [0.1, 0.15) is 0 Å². The second-order valence-electron chi connectivity index (χ2n) is 6.72. The van der Waals surface area contributed by atoms with Crippen molar-refractivity contribution in [2.24, 2.45) is 0 Å². The Labute approximate surface area is 159 Å². The predicted molar refractivity (Wildman–Crippen MR) is 105 cm³/mol. The number of aromatic nitrogens is 2. The van der Waals surface area contributed by atoms with Gasteiger partial charge in [-0.3, -0.25) is 5.10 Å². The lowest BCUT2D eigenvalue weighted by molar-refractivity contribution is 0.153. The van der Waals surface area contributed by atoms with E-state index in [0.717, 1.165) is 36.1 Å². The number of benzene rings is 2. The van der Waals surface area contributed by atoms with E-state index in [9.17, 15) is 4.79 Å². The van der Waals surface area contributed by atoms with Gasteiger partial charge < -0.3 is 9.64 Å². The minimum absolute atomic E-state index is 0.356. The zero-order valence-corrected chi connectivity index (χ0v) is 15.4. The van der Waals surface area contributed by atoms with Crippen molar-refractivity contribution in [3.63, 3.8) is 0 Å². The second-order valence-corrected chi connectivity index (χ2v) is 6.72. The molecule has 3 aromatic rings. The van der Waals surface area contributed by atoms with Crippen LogP contribution in [0.5, 0.6) is 5.88 Å². The van der Waals surface area contributed by atoms with Crippen molar-refractivity contribution in [2.75, 3.05) is 13.1 Å². The van der Waals surface area contributed by atoms with Crippen LogP contribution in [0, 0.1) is 0 Å². The van der Waals surface area contributed by atoms with Gasteiger partial charge in [0.2, 0.25) is 0 Å². The summed E-state index contributed by atoms with van der Waals surface area (Å²) in [5, 5.41) is 7.32. The molecule has 0 radical (unpaired) electrons. The van der Waals surface area contributed by atoms with Gasteiger partial charge in [0.05, 0.1) is 5.56 Å². The fraction of sp³-hybridized carbons (Fsp3) is 0.273. The molecule has 0 atom stereocenters. The zero-order valence-electron chi connectivity index (χ0n) is 15.4. The topological polar surface area (TPSA) is 58.2 Å². The number of carbonyl (C=O) groups is 1. The van der Waals surface area contributed by atoms with Crippen molar-refractivity contribution in [1.29, 1.82) is 0 Å². The summed E-state index contributed by atoms with van der Waals surface area (Å²) in [6, 6.07) is 18.4. The number of H-pyrrole nitrogens is 1. The number of carbonyl (C=O) groups excluding carboxylic acids is 1. The van der Waals surface area contributed by atoms with E-state index in [0.29, 0.717) is 19.0 Å². The number of fused-ring (bicyclic) bond motifs is 3. The summed E-state index contributed by atoms with van der Waals surface area (Å²) in [4.78, 5) is 14.4. The maximum absolute atomic E-state index is 12.7. The summed E-state index contributed by atoms with van der Waals surface area (Å²) >= 11 is 0. The fourth-order valence-electron chi connectivity index (χ4n) is 3.57. The molecular formula is C22H23N3O2. The van der Waals surface area contributed by atoms with E-state index in [4.69, 9.17) is 4.74 Å². The lowest BCUT2D eigenvalue weighted by Gasteiger charge is -2.21. The van der Waals surface area contributed by atoms with Crippen LogP contribution in [0.25, 0.3) is 11.1 Å². The lowest BCUT2D eigenvalue weighted by atomic mass is 9.90. The van der Waals surface area contributed by atoms with Crippen molar-refractivity contribution in [3.8, 4) is 17.0 Å². The van der Waals surface area contributed by atoms with Gasteiger partial charge in [-0.25, -0.2) is 4.79 Å². The maximum atomic E-state index is 12.7. The minimum Gasteiger partial charge on any atom is -0.389 e. The van der Waals surface area contributed by atoms with Crippen LogP contribution in [0.2, 0.25) is 0 Å². The largest absolute Gasteiger partial charge is 0.416 e. The molecule has 0 spiro atoms. The average molecular weight is 361 g/mol. The molecule has 1 heterocycles. The molecule has 5 nitrogen and oxygen atoms in total. The van der Waals surface area contributed by atoms with E-state index >= 15 is 0 Å². The van der Waals surface area contributed by atoms with E-state index in [1.54, 1.807) is 4.90 Å². The summed E-state index contributed by atoms with van der Waals surface area (Å²) in [5.41, 5.74) is 5.52. The van der Waals surface area contributed by atoms with Gasteiger partial charge in [0.25, 0.3) is 5.88 Å². The van der Waals surface area contributed by atoms with Gasteiger partial charge in [-0.2, -0.15) is 0 Å². The fourth-order valence-corrected chi connectivity index (χ4v) is 3.57. The Kier molecular flexibility index (Phi) is 4.92. The first-order valence-corrected chi connectivity index (χ1v) is 9.42. The van der Waals surface area contributed by atoms with Crippen LogP contribution in [0.1, 0.15) is 23.7 Å². The number of rotatable bonds is 5. The molecule has 0 saturated carbocycles. The number of ether oxygens (including phenoxy) is 1. The molecular weight excluding hydrogens is 338 g/mol. The molecule has 1 aliphatic rings. The molecule has 0 unspecified atom stereocenters. The van der Waals surface area contributed by atoms with Gasteiger partial charge in [-0.1, -0.05) is 54.6 Å². The molecule has 0 bridgehead atoms. The molecule has 138 valence electrons. The van der Waals surface area contributed by atoms with E-state index in [-0.39, 0.29) is 6.09 Å². The molecule has 27 heavy (non-hydrogen) atoms. The first kappa shape index (κ1) is 17.3. The Balaban J connectivity index is 1.49. The third-order valence-electron chi connectivity index (χ3n) is 5.08. The van der Waals surface area contributed by atoms with Crippen LogP contribution in [0.4, 0.5) is 4.79 Å². The van der Waals surface area contributed by atoms with Crippen LogP contribution < -0.4 is 4.74 Å². The average Bonchev–Trinajstić information content (AvgIpc) is 3.12. The summed E-state index contributed by atoms with van der Waals surface area (Å²) < 4.78 is 5.70. The summed E-state index contributed by atoms with van der Waals surface area (Å²) in [6.45, 7) is 3.17. The predicted octanol–water partition coefficient (Wildman–Crippen LogP) is 4.24. The number of likely N-dealkylation sites (N-methyl/N-ethyl adjacent to an activating group) is 1. The molecule has 0 aliphatic heterocycles. The molecule has 0 saturated heterocycles. The second kappa shape index (κ2) is 7.66. The number of nitrogens with zero attached hydrogens (tertiary/aromatic N) is 2. The van der Waals surface area contributed by atoms with Crippen LogP contribution in [-0.4, -0.2) is 34.3 Å². The smallest absolute Gasteiger partial charge is 0.389 e. The molecule has 2 aromatic carbocycles. The van der Waals surface area contributed by atoms with Crippen molar-refractivity contribution in [1.82, 2.24) is 15.1 Å². The highest BCUT2D eigenvalue weighted by molar-refractivity contribution is 5.79. The van der Waals surface area contributed by atoms with Gasteiger partial charge >= 0.3 is 6.09 Å². The Bertz CT molecular complexity index is 934. The number of amides is 1. The highest BCUT2D eigenvalue weighted by atomic mass is 16.6. The molecule has 0 fully saturated rings. The Morgan fingerprint density at radius 3 is 2.70 bits per heavy atom. The summed E-state index contributed by atoms with van der Waals surface area (Å²) in [7, 11) is 0. The van der Waals surface area contributed by atoms with E-state index in [1.165, 1.54) is 11.1 Å². The van der Waals surface area contributed by atoms with Crippen molar-refractivity contribution < 1.29 is 9.53 Å². The number of hydrogen-bond donors (Lipinski definition) is 1. The highest BCUT2D eigenvalue weighted by Gasteiger charge is 2.25. The van der Waals surface area contributed by atoms with Crippen molar-refractivity contribution >= 4 is 6.09 Å². The lowest BCUT2D eigenvalue weighted by Crippen LogP contribution is -2.35. The first-order chi connectivity index (χ1) is 13.3.